The molecule has 3 rings (SSSR count). The Bertz CT molecular complexity index is 987. The molecule has 0 spiro atoms. The summed E-state index contributed by atoms with van der Waals surface area (Å²) >= 11 is 11.7. The van der Waals surface area contributed by atoms with Crippen LogP contribution >= 0.6 is 23.2 Å². The molecule has 3 aromatic rings. The van der Waals surface area contributed by atoms with Gasteiger partial charge in [-0.1, -0.05) is 53.5 Å². The fourth-order valence-corrected chi connectivity index (χ4v) is 3.41. The molecule has 28 heavy (non-hydrogen) atoms. The first-order chi connectivity index (χ1) is 13.0. The molecule has 0 saturated carbocycles. The Labute approximate surface area is 166 Å². The lowest BCUT2D eigenvalue weighted by molar-refractivity contribution is -0.141. The molecule has 8 heteroatoms. The molecule has 145 valence electrons. The lowest BCUT2D eigenvalue weighted by atomic mass is 9.87. The van der Waals surface area contributed by atoms with Crippen LogP contribution in [0.15, 0.2) is 54.6 Å². The van der Waals surface area contributed by atoms with E-state index in [4.69, 9.17) is 23.2 Å². The topological polar surface area (TPSA) is 0 Å². The maximum atomic E-state index is 14.0. The van der Waals surface area contributed by atoms with Gasteiger partial charge in [0.1, 0.15) is 0 Å². The average Bonchev–Trinajstić information content (AvgIpc) is 2.59. The third-order valence-corrected chi connectivity index (χ3v) is 4.37. The van der Waals surface area contributed by atoms with Crippen LogP contribution in [0.2, 0.25) is 10.0 Å². The largest absolute Gasteiger partial charge is 0.417 e. The van der Waals surface area contributed by atoms with E-state index in [2.05, 4.69) is 6.07 Å². The minimum absolute atomic E-state index is 0.0465. The summed E-state index contributed by atoms with van der Waals surface area (Å²) < 4.78 is 82.6. The number of halogens is 8. The van der Waals surface area contributed by atoms with Crippen molar-refractivity contribution in [3.8, 4) is 22.3 Å². The monoisotopic (exact) mass is 433 g/mol. The highest BCUT2D eigenvalue weighted by Gasteiger charge is 2.43. The fourth-order valence-electron chi connectivity index (χ4n) is 2.89. The van der Waals surface area contributed by atoms with Crippen LogP contribution in [0.4, 0.5) is 26.3 Å². The van der Waals surface area contributed by atoms with Gasteiger partial charge in [-0.2, -0.15) is 26.3 Å². The molecule has 0 atom stereocenters. The van der Waals surface area contributed by atoms with Crippen molar-refractivity contribution in [2.24, 2.45) is 0 Å². The molecule has 0 nitrogen and oxygen atoms in total. The molecule has 1 radical (unpaired) electrons. The maximum Gasteiger partial charge on any atom is 0.417 e. The maximum absolute atomic E-state index is 14.0. The summed E-state index contributed by atoms with van der Waals surface area (Å²) in [5, 5.41) is 0.0929. The van der Waals surface area contributed by atoms with E-state index < -0.39 is 34.6 Å². The van der Waals surface area contributed by atoms with Gasteiger partial charge in [0, 0.05) is 21.2 Å². The van der Waals surface area contributed by atoms with Crippen LogP contribution in [0.25, 0.3) is 22.3 Å². The van der Waals surface area contributed by atoms with Crippen LogP contribution in [-0.4, -0.2) is 0 Å². The Morgan fingerprint density at radius 3 is 1.79 bits per heavy atom. The predicted octanol–water partition coefficient (Wildman–Crippen LogP) is 8.17. The smallest absolute Gasteiger partial charge is 0.166 e. The van der Waals surface area contributed by atoms with Crippen LogP contribution in [0.1, 0.15) is 11.1 Å². The van der Waals surface area contributed by atoms with Gasteiger partial charge in [-0.15, -0.1) is 0 Å². The number of alkyl halides is 6. The second kappa shape index (κ2) is 7.33. The summed E-state index contributed by atoms with van der Waals surface area (Å²) in [6.45, 7) is 0. The normalized spacial score (nSPS) is 12.3. The number of hydrogen-bond acceptors (Lipinski definition) is 0. The second-order valence-corrected chi connectivity index (χ2v) is 6.72. The zero-order chi connectivity index (χ0) is 20.7. The Balaban J connectivity index is 2.47. The fraction of sp³-hybridized carbons (Fsp3) is 0.100. The summed E-state index contributed by atoms with van der Waals surface area (Å²) in [5.41, 5.74) is -4.72. The van der Waals surface area contributed by atoms with Crippen LogP contribution in [-0.2, 0) is 12.4 Å². The molecule has 0 amide bonds. The van der Waals surface area contributed by atoms with E-state index in [9.17, 15) is 26.3 Å². The highest BCUT2D eigenvalue weighted by molar-refractivity contribution is 6.35. The molecule has 0 N–H and O–H groups in total. The van der Waals surface area contributed by atoms with E-state index in [0.29, 0.717) is 6.07 Å². The van der Waals surface area contributed by atoms with Gasteiger partial charge in [-0.3, -0.25) is 0 Å². The van der Waals surface area contributed by atoms with E-state index in [-0.39, 0.29) is 21.2 Å². The molecule has 0 aliphatic heterocycles. The van der Waals surface area contributed by atoms with Gasteiger partial charge in [-0.05, 0) is 41.5 Å². The Morgan fingerprint density at radius 1 is 0.714 bits per heavy atom. The Morgan fingerprint density at radius 2 is 1.29 bits per heavy atom. The molecule has 0 aliphatic carbocycles. The van der Waals surface area contributed by atoms with Crippen molar-refractivity contribution in [3.05, 3.63) is 81.8 Å². The predicted molar refractivity (Wildman–Crippen MR) is 96.2 cm³/mol. The van der Waals surface area contributed by atoms with Gasteiger partial charge < -0.3 is 0 Å². The minimum atomic E-state index is -5.09. The highest BCUT2D eigenvalue weighted by Crippen LogP contribution is 2.48. The minimum Gasteiger partial charge on any atom is -0.166 e. The molecular weight excluding hydrogens is 425 g/mol. The van der Waals surface area contributed by atoms with E-state index in [1.165, 1.54) is 48.5 Å². The first-order valence-corrected chi connectivity index (χ1v) is 8.49. The van der Waals surface area contributed by atoms with Crippen LogP contribution < -0.4 is 0 Å². The van der Waals surface area contributed by atoms with E-state index in [1.54, 1.807) is 0 Å². The molecule has 0 unspecified atom stereocenters. The highest BCUT2D eigenvalue weighted by atomic mass is 35.5. The Kier molecular flexibility index (Phi) is 5.38. The standard InChI is InChI=1S/C20H9Cl2F6/c21-13-8-12(9-14(22)10-13)15-6-7-16(19(23,24)25)17(18(15)20(26,27)28)11-4-2-1-3-5-11/h1-5,7-10H. The Hall–Kier alpha value is -2.18. The van der Waals surface area contributed by atoms with Crippen molar-refractivity contribution in [1.82, 2.24) is 0 Å². The van der Waals surface area contributed by atoms with Gasteiger partial charge in [0.2, 0.25) is 0 Å². The molecule has 0 fully saturated rings. The second-order valence-electron chi connectivity index (χ2n) is 5.85. The van der Waals surface area contributed by atoms with Crippen LogP contribution in [0.5, 0.6) is 0 Å². The van der Waals surface area contributed by atoms with Crippen molar-refractivity contribution >= 4 is 23.2 Å². The summed E-state index contributed by atoms with van der Waals surface area (Å²) in [4.78, 5) is 0. The molecule has 0 aliphatic rings. The molecule has 3 aromatic carbocycles. The zero-order valence-corrected chi connectivity index (χ0v) is 15.2. The third kappa shape index (κ3) is 4.13. The van der Waals surface area contributed by atoms with Gasteiger partial charge in [0.25, 0.3) is 0 Å². The van der Waals surface area contributed by atoms with Gasteiger partial charge in [0.15, 0.2) is 0 Å². The average molecular weight is 434 g/mol. The van der Waals surface area contributed by atoms with E-state index >= 15 is 0 Å². The first-order valence-electron chi connectivity index (χ1n) is 7.73. The van der Waals surface area contributed by atoms with Crippen LogP contribution in [0.3, 0.4) is 0 Å². The molecular formula is C20H9Cl2F6. The lowest BCUT2D eigenvalue weighted by Crippen LogP contribution is -2.16. The first kappa shape index (κ1) is 20.6. The molecule has 0 saturated heterocycles. The van der Waals surface area contributed by atoms with E-state index in [0.717, 1.165) is 0 Å². The summed E-state index contributed by atoms with van der Waals surface area (Å²) in [6, 6.07) is 12.9. The summed E-state index contributed by atoms with van der Waals surface area (Å²) in [6.07, 6.45) is -10.1. The summed E-state index contributed by atoms with van der Waals surface area (Å²) in [7, 11) is 0. The quantitative estimate of drug-likeness (QED) is 0.357. The van der Waals surface area contributed by atoms with Gasteiger partial charge in [-0.25, -0.2) is 0 Å². The van der Waals surface area contributed by atoms with Crippen molar-refractivity contribution in [2.75, 3.05) is 0 Å². The summed E-state index contributed by atoms with van der Waals surface area (Å²) in [5.74, 6) is 0. The van der Waals surface area contributed by atoms with Gasteiger partial charge >= 0.3 is 12.4 Å². The molecule has 0 aromatic heterocycles. The van der Waals surface area contributed by atoms with Crippen molar-refractivity contribution in [2.45, 2.75) is 12.4 Å². The lowest BCUT2D eigenvalue weighted by Gasteiger charge is -2.22. The molecule has 0 bridgehead atoms. The van der Waals surface area contributed by atoms with Crippen molar-refractivity contribution in [3.63, 3.8) is 0 Å². The molecule has 0 heterocycles. The van der Waals surface area contributed by atoms with E-state index in [1.807, 2.05) is 0 Å². The van der Waals surface area contributed by atoms with Crippen LogP contribution in [0, 0.1) is 6.07 Å². The zero-order valence-electron chi connectivity index (χ0n) is 13.7. The number of hydrogen-bond donors (Lipinski definition) is 0. The SMILES string of the molecule is FC(F)(F)c1c[c]c(-c2cc(Cl)cc(Cl)c2)c(C(F)(F)F)c1-c1ccccc1. The van der Waals surface area contributed by atoms with Gasteiger partial charge in [0.05, 0.1) is 11.1 Å². The number of rotatable bonds is 2. The van der Waals surface area contributed by atoms with Crippen molar-refractivity contribution < 1.29 is 26.3 Å². The van der Waals surface area contributed by atoms with Crippen molar-refractivity contribution in [1.29, 1.82) is 0 Å². The third-order valence-electron chi connectivity index (χ3n) is 3.93. The number of benzene rings is 3.